The van der Waals surface area contributed by atoms with Crippen LogP contribution in [0, 0.1) is 26.6 Å². The van der Waals surface area contributed by atoms with Crippen molar-refractivity contribution in [2.75, 3.05) is 25.0 Å². The van der Waals surface area contributed by atoms with Gasteiger partial charge in [0.05, 0.1) is 6.54 Å². The Kier molecular flexibility index (Phi) is 6.36. The van der Waals surface area contributed by atoms with Gasteiger partial charge in [-0.3, -0.25) is 4.79 Å². The molecule has 0 bridgehead atoms. The highest BCUT2D eigenvalue weighted by molar-refractivity contribution is 7.86. The van der Waals surface area contributed by atoms with Gasteiger partial charge in [-0.05, 0) is 56.0 Å². The molecule has 0 atom stereocenters. The number of carbonyl (C=O) groups excluding carboxylic acids is 1. The summed E-state index contributed by atoms with van der Waals surface area (Å²) in [5, 5.41) is 2.57. The molecule has 6 nitrogen and oxygen atoms in total. The number of hydrogen-bond donors (Lipinski definition) is 1. The van der Waals surface area contributed by atoms with Crippen molar-refractivity contribution in [3.05, 3.63) is 64.5 Å². The molecule has 8 heteroatoms. The zero-order valence-electron chi connectivity index (χ0n) is 16.9. The summed E-state index contributed by atoms with van der Waals surface area (Å²) in [7, 11) is -3.76. The molecular weight excluding hydrogens is 393 g/mol. The Morgan fingerprint density at radius 1 is 1.03 bits per heavy atom. The second kappa shape index (κ2) is 8.61. The van der Waals surface area contributed by atoms with Gasteiger partial charge in [-0.1, -0.05) is 29.8 Å². The van der Waals surface area contributed by atoms with E-state index >= 15 is 0 Å². The molecule has 0 saturated carbocycles. The fraction of sp³-hybridized carbons (Fsp3) is 0.381. The van der Waals surface area contributed by atoms with Gasteiger partial charge in [0.2, 0.25) is 5.91 Å². The van der Waals surface area contributed by atoms with Gasteiger partial charge in [0.25, 0.3) is 10.2 Å². The van der Waals surface area contributed by atoms with E-state index in [-0.39, 0.29) is 19.6 Å². The molecule has 2 aromatic rings. The van der Waals surface area contributed by atoms with Gasteiger partial charge in [0.1, 0.15) is 5.82 Å². The lowest BCUT2D eigenvalue weighted by molar-refractivity contribution is -0.116. The number of nitrogens with one attached hydrogen (secondary N) is 1. The maximum atomic E-state index is 13.7. The van der Waals surface area contributed by atoms with Crippen molar-refractivity contribution in [3.63, 3.8) is 0 Å². The molecule has 3 rings (SSSR count). The third-order valence-electron chi connectivity index (χ3n) is 5.09. The first kappa shape index (κ1) is 21.4. The highest BCUT2D eigenvalue weighted by Gasteiger charge is 2.34. The second-order valence-corrected chi connectivity index (χ2v) is 9.40. The van der Waals surface area contributed by atoms with E-state index < -0.39 is 21.9 Å². The van der Waals surface area contributed by atoms with E-state index in [0.29, 0.717) is 24.2 Å². The number of aryl methyl sites for hydroxylation is 3. The molecule has 0 radical (unpaired) electrons. The van der Waals surface area contributed by atoms with Crippen molar-refractivity contribution in [2.45, 2.75) is 33.7 Å². The van der Waals surface area contributed by atoms with Crippen LogP contribution in [0.15, 0.2) is 36.4 Å². The topological polar surface area (TPSA) is 69.7 Å². The summed E-state index contributed by atoms with van der Waals surface area (Å²) in [6.45, 7) is 6.22. The number of amides is 1. The molecule has 1 amide bonds. The van der Waals surface area contributed by atoms with Crippen molar-refractivity contribution in [1.82, 2.24) is 8.61 Å². The third-order valence-corrected chi connectivity index (χ3v) is 7.02. The molecular formula is C21H26FN3O3S. The Bertz CT molecular complexity index is 1020. The van der Waals surface area contributed by atoms with Gasteiger partial charge in [0.15, 0.2) is 0 Å². The van der Waals surface area contributed by atoms with E-state index in [1.54, 1.807) is 19.1 Å². The molecule has 0 unspecified atom stereocenters. The van der Waals surface area contributed by atoms with Crippen LogP contribution in [0.3, 0.4) is 0 Å². The van der Waals surface area contributed by atoms with Crippen LogP contribution in [0.25, 0.3) is 0 Å². The number of carbonyl (C=O) groups is 1. The number of nitrogens with zero attached hydrogens (tertiary/aromatic N) is 2. The van der Waals surface area contributed by atoms with Crippen molar-refractivity contribution >= 4 is 21.8 Å². The van der Waals surface area contributed by atoms with Crippen LogP contribution in [-0.2, 0) is 21.5 Å². The Hall–Kier alpha value is -2.29. The number of anilines is 1. The third kappa shape index (κ3) is 5.01. The van der Waals surface area contributed by atoms with Gasteiger partial charge < -0.3 is 5.32 Å². The van der Waals surface area contributed by atoms with Gasteiger partial charge in [-0.2, -0.15) is 17.0 Å². The minimum Gasteiger partial charge on any atom is -0.325 e. The van der Waals surface area contributed by atoms with Crippen LogP contribution in [0.5, 0.6) is 0 Å². The fourth-order valence-electron chi connectivity index (χ4n) is 3.33. The van der Waals surface area contributed by atoms with Gasteiger partial charge in [-0.15, -0.1) is 0 Å². The molecule has 1 heterocycles. The van der Waals surface area contributed by atoms with Crippen molar-refractivity contribution in [2.24, 2.45) is 0 Å². The number of hydrogen-bond acceptors (Lipinski definition) is 3. The van der Waals surface area contributed by atoms with Crippen molar-refractivity contribution in [3.8, 4) is 0 Å². The first-order chi connectivity index (χ1) is 13.7. The van der Waals surface area contributed by atoms with Crippen LogP contribution in [-0.4, -0.2) is 42.6 Å². The number of halogens is 1. The van der Waals surface area contributed by atoms with Gasteiger partial charge in [0, 0.05) is 25.3 Å². The monoisotopic (exact) mass is 419 g/mol. The predicted octanol–water partition coefficient (Wildman–Crippen LogP) is 3.14. The highest BCUT2D eigenvalue weighted by Crippen LogP contribution is 2.22. The average molecular weight is 420 g/mol. The molecule has 0 spiro atoms. The molecule has 1 saturated heterocycles. The Balaban J connectivity index is 1.70. The van der Waals surface area contributed by atoms with E-state index in [1.807, 2.05) is 32.0 Å². The molecule has 0 aliphatic carbocycles. The highest BCUT2D eigenvalue weighted by atomic mass is 32.2. The average Bonchev–Trinajstić information content (AvgIpc) is 2.64. The Morgan fingerprint density at radius 2 is 1.72 bits per heavy atom. The largest absolute Gasteiger partial charge is 0.325 e. The minimum atomic E-state index is -3.76. The van der Waals surface area contributed by atoms with E-state index in [4.69, 9.17) is 0 Å². The number of rotatable bonds is 5. The summed E-state index contributed by atoms with van der Waals surface area (Å²) in [5.74, 6) is -0.918. The normalized spacial score (nSPS) is 17.2. The fourth-order valence-corrected chi connectivity index (χ4v) is 4.96. The molecule has 1 fully saturated rings. The van der Waals surface area contributed by atoms with E-state index in [1.165, 1.54) is 14.7 Å². The summed E-state index contributed by atoms with van der Waals surface area (Å²) < 4.78 is 42.3. The quantitative estimate of drug-likeness (QED) is 0.810. The summed E-state index contributed by atoms with van der Waals surface area (Å²) in [4.78, 5) is 12.4. The molecule has 29 heavy (non-hydrogen) atoms. The molecule has 0 aromatic heterocycles. The van der Waals surface area contributed by atoms with Crippen LogP contribution in [0.1, 0.15) is 28.7 Å². The zero-order valence-corrected chi connectivity index (χ0v) is 17.7. The summed E-state index contributed by atoms with van der Waals surface area (Å²) >= 11 is 0. The van der Waals surface area contributed by atoms with E-state index in [0.717, 1.165) is 16.7 Å². The lowest BCUT2D eigenvalue weighted by Gasteiger charge is -2.34. The lowest BCUT2D eigenvalue weighted by Crippen LogP contribution is -2.51. The van der Waals surface area contributed by atoms with Gasteiger partial charge >= 0.3 is 0 Å². The molecule has 156 valence electrons. The van der Waals surface area contributed by atoms with Crippen molar-refractivity contribution < 1.29 is 17.6 Å². The Morgan fingerprint density at radius 3 is 2.45 bits per heavy atom. The zero-order chi connectivity index (χ0) is 21.2. The Labute approximate surface area is 171 Å². The lowest BCUT2D eigenvalue weighted by atomic mass is 10.1. The predicted molar refractivity (Wildman–Crippen MR) is 111 cm³/mol. The maximum absolute atomic E-state index is 13.7. The minimum absolute atomic E-state index is 0.275. The summed E-state index contributed by atoms with van der Waals surface area (Å²) in [6.07, 6.45) is 0.635. The smallest absolute Gasteiger partial charge is 0.282 e. The molecule has 2 aromatic carbocycles. The summed E-state index contributed by atoms with van der Waals surface area (Å²) in [6, 6.07) is 10.3. The molecule has 1 N–H and O–H groups in total. The maximum Gasteiger partial charge on any atom is 0.282 e. The van der Waals surface area contributed by atoms with E-state index in [2.05, 4.69) is 5.32 Å². The van der Waals surface area contributed by atoms with Gasteiger partial charge in [-0.25, -0.2) is 4.39 Å². The molecule has 1 aliphatic rings. The van der Waals surface area contributed by atoms with Crippen LogP contribution in [0.2, 0.25) is 0 Å². The second-order valence-electron chi connectivity index (χ2n) is 7.47. The van der Waals surface area contributed by atoms with Crippen LogP contribution >= 0.6 is 0 Å². The van der Waals surface area contributed by atoms with Crippen LogP contribution in [0.4, 0.5) is 10.1 Å². The standard InChI is InChI=1S/C21H26FN3O3S/c1-15-5-6-16(2)18(11-15)13-24-9-4-10-25(29(24,27)28)14-21(26)23-19-8-7-17(3)20(22)12-19/h5-8,11-12H,4,9-10,13-14H2,1-3H3,(H,23,26). The first-order valence-electron chi connectivity index (χ1n) is 9.54. The SMILES string of the molecule is Cc1ccc(C)c(CN2CCCN(CC(=O)Nc3ccc(C)c(F)c3)S2(=O)=O)c1. The first-order valence-corrected chi connectivity index (χ1v) is 10.9. The number of benzene rings is 2. The van der Waals surface area contributed by atoms with E-state index in [9.17, 15) is 17.6 Å². The van der Waals surface area contributed by atoms with Crippen molar-refractivity contribution in [1.29, 1.82) is 0 Å². The van der Waals surface area contributed by atoms with Crippen LogP contribution < -0.4 is 5.32 Å². The summed E-state index contributed by atoms with van der Waals surface area (Å²) in [5.41, 5.74) is 3.84. The molecule has 1 aliphatic heterocycles.